The second-order valence-electron chi connectivity index (χ2n) is 7.83. The average Bonchev–Trinajstić information content (AvgIpc) is 3.44. The van der Waals surface area contributed by atoms with Gasteiger partial charge in [0.25, 0.3) is 0 Å². The number of aromatic nitrogens is 4. The van der Waals surface area contributed by atoms with Crippen LogP contribution in [-0.2, 0) is 22.6 Å². The molecule has 1 aromatic heterocycles. The lowest BCUT2D eigenvalue weighted by molar-refractivity contribution is -0.132. The first kappa shape index (κ1) is 20.7. The molecule has 3 heterocycles. The van der Waals surface area contributed by atoms with E-state index in [-0.39, 0.29) is 11.9 Å². The quantitative estimate of drug-likeness (QED) is 0.649. The number of morpholine rings is 1. The van der Waals surface area contributed by atoms with Gasteiger partial charge in [0.2, 0.25) is 5.91 Å². The minimum absolute atomic E-state index is 0.137. The van der Waals surface area contributed by atoms with Crippen LogP contribution in [0, 0.1) is 0 Å². The number of aryl methyl sites for hydroxylation is 1. The van der Waals surface area contributed by atoms with Crippen molar-refractivity contribution in [3.05, 3.63) is 35.7 Å². The lowest BCUT2D eigenvalue weighted by atomic mass is 10.0. The normalized spacial score (nSPS) is 19.9. The van der Waals surface area contributed by atoms with Crippen LogP contribution in [0.15, 0.2) is 24.3 Å². The van der Waals surface area contributed by atoms with Gasteiger partial charge in [-0.2, -0.15) is 0 Å². The number of methoxy groups -OCH3 is 1. The highest BCUT2D eigenvalue weighted by Crippen LogP contribution is 2.34. The van der Waals surface area contributed by atoms with Crippen molar-refractivity contribution >= 4 is 5.91 Å². The van der Waals surface area contributed by atoms with Crippen LogP contribution in [0.5, 0.6) is 5.75 Å². The Bertz CT molecular complexity index is 836. The summed E-state index contributed by atoms with van der Waals surface area (Å²) in [6.45, 7) is 5.47. The zero-order valence-corrected chi connectivity index (χ0v) is 17.6. The number of ether oxygens (including phenoxy) is 2. The molecule has 2 saturated heterocycles. The number of amides is 1. The first-order chi connectivity index (χ1) is 14.7. The molecule has 2 aliphatic rings. The van der Waals surface area contributed by atoms with Gasteiger partial charge in [0.15, 0.2) is 5.82 Å². The van der Waals surface area contributed by atoms with Crippen molar-refractivity contribution in [1.29, 1.82) is 0 Å². The predicted octanol–water partition coefficient (Wildman–Crippen LogP) is 1.66. The lowest BCUT2D eigenvalue weighted by Crippen LogP contribution is -2.36. The number of carbonyl (C=O) groups excluding carboxylic acids is 1. The Morgan fingerprint density at radius 3 is 2.97 bits per heavy atom. The topological polar surface area (TPSA) is 85.6 Å². The van der Waals surface area contributed by atoms with Gasteiger partial charge < -0.3 is 14.4 Å². The first-order valence-electron chi connectivity index (χ1n) is 10.7. The Kier molecular flexibility index (Phi) is 6.91. The number of benzene rings is 1. The van der Waals surface area contributed by atoms with Crippen LogP contribution in [0.2, 0.25) is 0 Å². The van der Waals surface area contributed by atoms with Crippen molar-refractivity contribution in [3.8, 4) is 5.75 Å². The Hall–Kier alpha value is -2.52. The average molecular weight is 415 g/mol. The van der Waals surface area contributed by atoms with Gasteiger partial charge in [-0.05, 0) is 47.4 Å². The molecule has 9 nitrogen and oxygen atoms in total. The van der Waals surface area contributed by atoms with E-state index in [9.17, 15) is 4.79 Å². The molecule has 1 atom stereocenters. The molecule has 2 fully saturated rings. The Morgan fingerprint density at radius 1 is 1.27 bits per heavy atom. The van der Waals surface area contributed by atoms with Crippen molar-refractivity contribution in [2.45, 2.75) is 44.8 Å². The van der Waals surface area contributed by atoms with Crippen LogP contribution in [0.4, 0.5) is 0 Å². The molecular weight excluding hydrogens is 384 g/mol. The second kappa shape index (κ2) is 9.99. The van der Waals surface area contributed by atoms with Gasteiger partial charge in [-0.25, -0.2) is 4.68 Å². The number of hydrogen-bond acceptors (Lipinski definition) is 7. The van der Waals surface area contributed by atoms with Gasteiger partial charge in [-0.3, -0.25) is 9.69 Å². The van der Waals surface area contributed by atoms with Gasteiger partial charge in [0, 0.05) is 32.6 Å². The molecule has 2 aliphatic heterocycles. The molecule has 9 heteroatoms. The monoisotopic (exact) mass is 414 g/mol. The van der Waals surface area contributed by atoms with Crippen molar-refractivity contribution in [1.82, 2.24) is 30.0 Å². The largest absolute Gasteiger partial charge is 0.497 e. The summed E-state index contributed by atoms with van der Waals surface area (Å²) in [5, 5.41) is 12.1. The van der Waals surface area contributed by atoms with Crippen LogP contribution in [0.25, 0.3) is 0 Å². The third-order valence-electron chi connectivity index (χ3n) is 5.89. The number of nitrogens with zero attached hydrogens (tertiary/aromatic N) is 6. The zero-order chi connectivity index (χ0) is 20.8. The van der Waals surface area contributed by atoms with Crippen LogP contribution in [0.3, 0.4) is 0 Å². The van der Waals surface area contributed by atoms with Crippen LogP contribution in [-0.4, -0.2) is 75.9 Å². The first-order valence-corrected chi connectivity index (χ1v) is 10.7. The number of likely N-dealkylation sites (tertiary alicyclic amines) is 1. The molecule has 1 aromatic carbocycles. The number of tetrazole rings is 1. The summed E-state index contributed by atoms with van der Waals surface area (Å²) < 4.78 is 12.6. The maximum absolute atomic E-state index is 12.9. The maximum atomic E-state index is 12.9. The van der Waals surface area contributed by atoms with Crippen molar-refractivity contribution in [2.75, 3.05) is 40.0 Å². The van der Waals surface area contributed by atoms with Gasteiger partial charge >= 0.3 is 0 Å². The highest BCUT2D eigenvalue weighted by Gasteiger charge is 2.29. The highest BCUT2D eigenvalue weighted by atomic mass is 16.5. The van der Waals surface area contributed by atoms with E-state index < -0.39 is 0 Å². The van der Waals surface area contributed by atoms with E-state index >= 15 is 0 Å². The van der Waals surface area contributed by atoms with Gasteiger partial charge in [0.05, 0.1) is 32.9 Å². The summed E-state index contributed by atoms with van der Waals surface area (Å²) in [5.41, 5.74) is 1.15. The summed E-state index contributed by atoms with van der Waals surface area (Å²) in [5.74, 6) is 1.88. The van der Waals surface area contributed by atoms with E-state index in [2.05, 4.69) is 26.5 Å². The SMILES string of the molecule is COc1cccc([C@H]2CCCN2C(=O)CCCn2nnnc2CN2CCOCC2)c1. The Labute approximate surface area is 176 Å². The number of hydrogen-bond donors (Lipinski definition) is 0. The highest BCUT2D eigenvalue weighted by molar-refractivity contribution is 5.77. The molecule has 162 valence electrons. The molecule has 0 aliphatic carbocycles. The molecule has 0 saturated carbocycles. The Morgan fingerprint density at radius 2 is 2.13 bits per heavy atom. The minimum Gasteiger partial charge on any atom is -0.497 e. The van der Waals surface area contributed by atoms with E-state index in [1.165, 1.54) is 0 Å². The Balaban J connectivity index is 1.30. The summed E-state index contributed by atoms with van der Waals surface area (Å²) in [6, 6.07) is 8.18. The minimum atomic E-state index is 0.137. The summed E-state index contributed by atoms with van der Waals surface area (Å²) >= 11 is 0. The molecule has 0 N–H and O–H groups in total. The van der Waals surface area contributed by atoms with Crippen LogP contribution >= 0.6 is 0 Å². The maximum Gasteiger partial charge on any atom is 0.223 e. The third kappa shape index (κ3) is 4.96. The van der Waals surface area contributed by atoms with Gasteiger partial charge in [-0.1, -0.05) is 12.1 Å². The molecule has 0 bridgehead atoms. The molecule has 0 spiro atoms. The van der Waals surface area contributed by atoms with E-state index in [0.29, 0.717) is 19.5 Å². The van der Waals surface area contributed by atoms with Gasteiger partial charge in [-0.15, -0.1) is 5.10 Å². The van der Waals surface area contributed by atoms with E-state index in [0.717, 1.165) is 69.2 Å². The van der Waals surface area contributed by atoms with Crippen molar-refractivity contribution < 1.29 is 14.3 Å². The predicted molar refractivity (Wildman–Crippen MR) is 110 cm³/mol. The summed E-state index contributed by atoms with van der Waals surface area (Å²) in [4.78, 5) is 17.2. The fourth-order valence-corrected chi connectivity index (χ4v) is 4.25. The van der Waals surface area contributed by atoms with Crippen molar-refractivity contribution in [2.24, 2.45) is 0 Å². The smallest absolute Gasteiger partial charge is 0.223 e. The fraction of sp³-hybridized carbons (Fsp3) is 0.619. The second-order valence-corrected chi connectivity index (χ2v) is 7.83. The van der Waals surface area contributed by atoms with Crippen LogP contribution < -0.4 is 4.74 Å². The van der Waals surface area contributed by atoms with E-state index in [1.807, 2.05) is 27.8 Å². The summed E-state index contributed by atoms with van der Waals surface area (Å²) in [6.07, 6.45) is 3.25. The van der Waals surface area contributed by atoms with Crippen LogP contribution in [0.1, 0.15) is 43.1 Å². The molecule has 0 unspecified atom stereocenters. The number of rotatable bonds is 8. The zero-order valence-electron chi connectivity index (χ0n) is 17.6. The lowest BCUT2D eigenvalue weighted by Gasteiger charge is -2.26. The fourth-order valence-electron chi connectivity index (χ4n) is 4.25. The number of carbonyl (C=O) groups is 1. The molecule has 0 radical (unpaired) electrons. The van der Waals surface area contributed by atoms with Crippen molar-refractivity contribution in [3.63, 3.8) is 0 Å². The summed E-state index contributed by atoms with van der Waals surface area (Å²) in [7, 11) is 1.67. The molecule has 30 heavy (non-hydrogen) atoms. The van der Waals surface area contributed by atoms with E-state index in [1.54, 1.807) is 7.11 Å². The third-order valence-corrected chi connectivity index (χ3v) is 5.89. The molecule has 1 amide bonds. The molecule has 2 aromatic rings. The molecule has 4 rings (SSSR count). The standard InChI is InChI=1S/C21H30N6O3/c1-29-18-6-2-5-17(15-18)19-7-3-9-26(19)21(28)8-4-10-27-20(22-23-24-27)16-25-11-13-30-14-12-25/h2,5-6,15,19H,3-4,7-14,16H2,1H3/t19-/m1/s1. The van der Waals surface area contributed by atoms with Gasteiger partial charge in [0.1, 0.15) is 5.75 Å². The molecular formula is C21H30N6O3. The van der Waals surface area contributed by atoms with E-state index in [4.69, 9.17) is 9.47 Å².